The molecule has 0 unspecified atom stereocenters. The van der Waals surface area contributed by atoms with Crippen LogP contribution >= 0.6 is 0 Å². The largest absolute Gasteiger partial charge is 0.489 e. The van der Waals surface area contributed by atoms with E-state index in [1.807, 2.05) is 0 Å². The van der Waals surface area contributed by atoms with Crippen LogP contribution in [0.1, 0.15) is 41.3 Å². The van der Waals surface area contributed by atoms with Gasteiger partial charge in [-0.1, -0.05) is 18.2 Å². The fourth-order valence-electron chi connectivity index (χ4n) is 4.00. The Morgan fingerprint density at radius 2 is 1.90 bits per heavy atom. The number of nitrogens with zero attached hydrogens (tertiary/aromatic N) is 1. The van der Waals surface area contributed by atoms with E-state index in [-0.39, 0.29) is 35.5 Å². The number of nitrogens with two attached hydrogens (primary N) is 2. The van der Waals surface area contributed by atoms with Gasteiger partial charge in [-0.25, -0.2) is 12.8 Å². The summed E-state index contributed by atoms with van der Waals surface area (Å²) >= 11 is 0. The number of piperidine rings is 1. The van der Waals surface area contributed by atoms with Crippen LogP contribution in [0.25, 0.3) is 6.08 Å². The number of carbonyl (C=O) groups excluding carboxylic acids is 2. The third-order valence-electron chi connectivity index (χ3n) is 5.85. The lowest BCUT2D eigenvalue weighted by atomic mass is 10.1. The first kappa shape index (κ1) is 29.6. The van der Waals surface area contributed by atoms with Crippen LogP contribution in [0.15, 0.2) is 48.3 Å². The van der Waals surface area contributed by atoms with Crippen molar-refractivity contribution in [3.05, 3.63) is 65.0 Å². The molecule has 0 aromatic heterocycles. The minimum atomic E-state index is -4.47. The van der Waals surface area contributed by atoms with Gasteiger partial charge < -0.3 is 26.3 Å². The Balaban J connectivity index is 1.99. The molecule has 0 saturated carbocycles. The van der Waals surface area contributed by atoms with Crippen LogP contribution in [0.2, 0.25) is 0 Å². The number of carbonyl (C=O) groups is 2. The van der Waals surface area contributed by atoms with Gasteiger partial charge in [0.2, 0.25) is 10.0 Å². The zero-order valence-electron chi connectivity index (χ0n) is 21.5. The van der Waals surface area contributed by atoms with Crippen molar-refractivity contribution in [2.75, 3.05) is 36.3 Å². The molecule has 0 aliphatic carbocycles. The highest BCUT2D eigenvalue weighted by molar-refractivity contribution is 7.93. The molecule has 1 aliphatic heterocycles. The number of halogens is 1. The fourth-order valence-corrected chi connectivity index (χ4v) is 5.29. The number of nitrogen functional groups attached to an aromatic ring is 1. The Morgan fingerprint density at radius 3 is 2.54 bits per heavy atom. The van der Waals surface area contributed by atoms with Crippen molar-refractivity contribution < 1.29 is 31.9 Å². The van der Waals surface area contributed by atoms with E-state index < -0.39 is 40.0 Å². The van der Waals surface area contributed by atoms with Crippen molar-refractivity contribution in [2.45, 2.75) is 25.9 Å². The number of hydrogen-bond acceptors (Lipinski definition) is 8. The quantitative estimate of drug-likeness (QED) is 0.172. The lowest BCUT2D eigenvalue weighted by Crippen LogP contribution is -2.37. The van der Waals surface area contributed by atoms with Crippen molar-refractivity contribution in [3.63, 3.8) is 0 Å². The van der Waals surface area contributed by atoms with Gasteiger partial charge in [0, 0.05) is 5.56 Å². The first-order chi connectivity index (χ1) is 18.5. The van der Waals surface area contributed by atoms with Gasteiger partial charge in [0.25, 0.3) is 5.91 Å². The van der Waals surface area contributed by atoms with Crippen molar-refractivity contribution in [1.82, 2.24) is 5.32 Å². The highest BCUT2D eigenvalue weighted by Crippen LogP contribution is 2.30. The second-order valence-electron chi connectivity index (χ2n) is 8.81. The van der Waals surface area contributed by atoms with Gasteiger partial charge in [-0.3, -0.25) is 19.3 Å². The average Bonchev–Trinajstić information content (AvgIpc) is 2.88. The molecule has 13 heteroatoms. The number of benzene rings is 2. The molecule has 0 atom stereocenters. The van der Waals surface area contributed by atoms with Gasteiger partial charge in [-0.05, 0) is 68.8 Å². The highest BCUT2D eigenvalue weighted by atomic mass is 32.2. The van der Waals surface area contributed by atoms with Gasteiger partial charge in [0.15, 0.2) is 5.75 Å². The first-order valence-electron chi connectivity index (χ1n) is 12.3. The smallest absolute Gasteiger partial charge is 0.323 e. The van der Waals surface area contributed by atoms with Gasteiger partial charge in [0.1, 0.15) is 23.5 Å². The summed E-state index contributed by atoms with van der Waals surface area (Å²) in [7, 11) is -4.47. The predicted octanol–water partition coefficient (Wildman–Crippen LogP) is 1.91. The molecule has 1 heterocycles. The average molecular weight is 562 g/mol. The fraction of sp³-hybridized carbons (Fsp3) is 0.346. The van der Waals surface area contributed by atoms with E-state index in [0.717, 1.165) is 19.2 Å². The first-order valence-corrected chi connectivity index (χ1v) is 13.9. The summed E-state index contributed by atoms with van der Waals surface area (Å²) in [5.41, 5.74) is 11.6. The molecule has 39 heavy (non-hydrogen) atoms. The second-order valence-corrected chi connectivity index (χ2v) is 10.7. The molecule has 11 nitrogen and oxygen atoms in total. The monoisotopic (exact) mass is 561 g/mol. The van der Waals surface area contributed by atoms with E-state index in [4.69, 9.17) is 26.4 Å². The number of amides is 1. The summed E-state index contributed by atoms with van der Waals surface area (Å²) in [5.74, 6) is -3.83. The summed E-state index contributed by atoms with van der Waals surface area (Å²) in [6.07, 6.45) is 2.34. The molecule has 1 saturated heterocycles. The van der Waals surface area contributed by atoms with E-state index in [1.165, 1.54) is 31.2 Å². The molecule has 1 amide bonds. The normalized spacial score (nSPS) is 14.5. The maximum atomic E-state index is 15.3. The van der Waals surface area contributed by atoms with Crippen LogP contribution < -0.4 is 25.8 Å². The number of sulfonamides is 1. The Kier molecular flexibility index (Phi) is 10.0. The topological polar surface area (TPSA) is 178 Å². The molecule has 1 aliphatic rings. The molecule has 2 aromatic rings. The lowest BCUT2D eigenvalue weighted by molar-refractivity contribution is -0.139. The van der Waals surface area contributed by atoms with Crippen LogP contribution in [0.4, 0.5) is 10.1 Å². The molecule has 2 aromatic carbocycles. The van der Waals surface area contributed by atoms with Crippen molar-refractivity contribution >= 4 is 39.5 Å². The van der Waals surface area contributed by atoms with Crippen LogP contribution in [-0.2, 0) is 19.6 Å². The van der Waals surface area contributed by atoms with Crippen molar-refractivity contribution in [1.29, 1.82) is 5.41 Å². The molecule has 0 spiro atoms. The van der Waals surface area contributed by atoms with E-state index >= 15 is 4.39 Å². The van der Waals surface area contributed by atoms with E-state index in [1.54, 1.807) is 18.2 Å². The minimum Gasteiger partial charge on any atom is -0.489 e. The Labute approximate surface area is 226 Å². The number of esters is 1. The number of primary amides is 1. The van der Waals surface area contributed by atoms with Gasteiger partial charge >= 0.3 is 5.97 Å². The third kappa shape index (κ3) is 8.26. The molecular weight excluding hydrogens is 529 g/mol. The van der Waals surface area contributed by atoms with Gasteiger partial charge in [0.05, 0.1) is 24.4 Å². The van der Waals surface area contributed by atoms with Crippen LogP contribution in [0, 0.1) is 5.41 Å². The van der Waals surface area contributed by atoms with Crippen LogP contribution in [-0.4, -0.2) is 64.2 Å². The number of anilines is 1. The SMILES string of the molecule is CCOC(=O)CS(=O)(=O)N(CC(F)=Cc1cccc(C(=N)N)c1)c1ccc(OC2CCNCC2)c(C(N)=O)c1. The molecule has 210 valence electrons. The van der Waals surface area contributed by atoms with Crippen molar-refractivity contribution in [3.8, 4) is 5.75 Å². The van der Waals surface area contributed by atoms with Crippen molar-refractivity contribution in [2.24, 2.45) is 11.5 Å². The Hall–Kier alpha value is -3.97. The molecule has 1 fully saturated rings. The van der Waals surface area contributed by atoms with E-state index in [9.17, 15) is 18.0 Å². The predicted molar refractivity (Wildman–Crippen MR) is 146 cm³/mol. The number of ether oxygens (including phenoxy) is 2. The number of hydrogen-bond donors (Lipinski definition) is 4. The molecule has 0 bridgehead atoms. The molecular formula is C26H32FN5O6S. The van der Waals surface area contributed by atoms with E-state index in [2.05, 4.69) is 5.32 Å². The maximum absolute atomic E-state index is 15.3. The Bertz CT molecular complexity index is 1360. The number of rotatable bonds is 12. The minimum absolute atomic E-state index is 0.0380. The summed E-state index contributed by atoms with van der Waals surface area (Å²) in [6, 6.07) is 10.1. The second kappa shape index (κ2) is 13.2. The van der Waals surface area contributed by atoms with Crippen LogP contribution in [0.5, 0.6) is 5.75 Å². The molecule has 0 radical (unpaired) electrons. The van der Waals surface area contributed by atoms with Gasteiger partial charge in [-0.15, -0.1) is 0 Å². The molecule has 3 rings (SSSR count). The third-order valence-corrected chi connectivity index (χ3v) is 7.47. The zero-order valence-corrected chi connectivity index (χ0v) is 22.3. The number of amidine groups is 1. The number of nitrogens with one attached hydrogen (secondary N) is 2. The lowest BCUT2D eigenvalue weighted by Gasteiger charge is -2.27. The standard InChI is InChI=1S/C26H32FN5O6S/c1-2-37-24(33)16-39(35,36)32(15-19(27)13-17-4-3-5-18(12-17)25(28)29)20-6-7-23(22(14-20)26(30)34)38-21-8-10-31-11-9-21/h3-7,12-14,21,31H,2,8-11,15-16H2,1H3,(H3,28,29)(H2,30,34). The van der Waals surface area contributed by atoms with E-state index in [0.29, 0.717) is 28.3 Å². The summed E-state index contributed by atoms with van der Waals surface area (Å²) in [4.78, 5) is 24.3. The summed E-state index contributed by atoms with van der Waals surface area (Å²) in [6.45, 7) is 2.19. The summed E-state index contributed by atoms with van der Waals surface area (Å²) in [5, 5.41) is 10.8. The van der Waals surface area contributed by atoms with Gasteiger partial charge in [-0.2, -0.15) is 0 Å². The Morgan fingerprint density at radius 1 is 1.18 bits per heavy atom. The summed E-state index contributed by atoms with van der Waals surface area (Å²) < 4.78 is 53.2. The zero-order chi connectivity index (χ0) is 28.6. The van der Waals surface area contributed by atoms with Crippen LogP contribution in [0.3, 0.4) is 0 Å². The molecule has 6 N–H and O–H groups in total. The maximum Gasteiger partial charge on any atom is 0.323 e. The highest BCUT2D eigenvalue weighted by Gasteiger charge is 2.29.